The second-order valence-electron chi connectivity index (χ2n) is 5.80. The summed E-state index contributed by atoms with van der Waals surface area (Å²) in [5.41, 5.74) is 0.813. The molecule has 1 heterocycles. The molecule has 148 valence electrons. The Hall–Kier alpha value is -2.14. The first-order valence-electron chi connectivity index (χ1n) is 8.65. The molecule has 0 aliphatic rings. The van der Waals surface area contributed by atoms with Gasteiger partial charge in [0, 0.05) is 19.4 Å². The summed E-state index contributed by atoms with van der Waals surface area (Å²) in [6.07, 6.45) is 2.01. The molecule has 0 unspecified atom stereocenters. The number of ether oxygens (including phenoxy) is 1. The Morgan fingerprint density at radius 3 is 2.41 bits per heavy atom. The quantitative estimate of drug-likeness (QED) is 0.377. The van der Waals surface area contributed by atoms with Gasteiger partial charge in [0.15, 0.2) is 0 Å². The van der Waals surface area contributed by atoms with Gasteiger partial charge in [-0.25, -0.2) is 4.98 Å². The van der Waals surface area contributed by atoms with Crippen molar-refractivity contribution in [3.63, 3.8) is 0 Å². The molecule has 0 atom stereocenters. The summed E-state index contributed by atoms with van der Waals surface area (Å²) >= 11 is 0. The van der Waals surface area contributed by atoms with Crippen molar-refractivity contribution in [2.45, 2.75) is 31.1 Å². The number of hydrogen-bond acceptors (Lipinski definition) is 8. The van der Waals surface area contributed by atoms with Gasteiger partial charge in [-0.2, -0.15) is 18.4 Å². The highest BCUT2D eigenvalue weighted by atomic mass is 32.2. The van der Waals surface area contributed by atoms with Gasteiger partial charge in [0.1, 0.15) is 11.6 Å². The van der Waals surface area contributed by atoms with Gasteiger partial charge in [-0.1, -0.05) is 19.1 Å². The van der Waals surface area contributed by atoms with Gasteiger partial charge in [0.2, 0.25) is 5.95 Å². The lowest BCUT2D eigenvalue weighted by Crippen LogP contribution is -2.15. The van der Waals surface area contributed by atoms with Crippen molar-refractivity contribution in [1.82, 2.24) is 15.0 Å². The van der Waals surface area contributed by atoms with E-state index in [4.69, 9.17) is 14.4 Å². The second kappa shape index (κ2) is 10.3. The molecule has 2 aromatic rings. The minimum Gasteiger partial charge on any atom is -0.394 e. The summed E-state index contributed by atoms with van der Waals surface area (Å²) in [4.78, 5) is 13.1. The highest BCUT2D eigenvalue weighted by molar-refractivity contribution is 7.85. The first-order chi connectivity index (χ1) is 12.9. The van der Waals surface area contributed by atoms with Gasteiger partial charge in [0.25, 0.3) is 10.1 Å². The molecule has 0 aliphatic carbocycles. The molecule has 0 fully saturated rings. The molecule has 10 heteroatoms. The van der Waals surface area contributed by atoms with E-state index in [1.165, 1.54) is 12.1 Å². The molecular weight excluding hydrogens is 372 g/mol. The fraction of sp³-hybridized carbons (Fsp3) is 0.471. The van der Waals surface area contributed by atoms with Crippen molar-refractivity contribution < 1.29 is 22.8 Å². The van der Waals surface area contributed by atoms with Crippen molar-refractivity contribution in [1.29, 1.82) is 0 Å². The Kier molecular flexibility index (Phi) is 8.04. The van der Waals surface area contributed by atoms with Crippen LogP contribution in [0.25, 0.3) is 0 Å². The first-order valence-corrected chi connectivity index (χ1v) is 10.1. The van der Waals surface area contributed by atoms with E-state index >= 15 is 0 Å². The number of nitrogens with zero attached hydrogens (tertiary/aromatic N) is 3. The van der Waals surface area contributed by atoms with Crippen LogP contribution in [0.3, 0.4) is 0 Å². The first kappa shape index (κ1) is 21.2. The third-order valence-corrected chi connectivity index (χ3v) is 4.42. The minimum atomic E-state index is -4.21. The monoisotopic (exact) mass is 396 g/mol. The highest BCUT2D eigenvalue weighted by Crippen LogP contribution is 2.13. The fourth-order valence-electron chi connectivity index (χ4n) is 2.33. The van der Waals surface area contributed by atoms with Crippen LogP contribution in [0.15, 0.2) is 29.2 Å². The van der Waals surface area contributed by atoms with Crippen LogP contribution in [0.1, 0.15) is 30.6 Å². The zero-order chi connectivity index (χ0) is 19.7. The Morgan fingerprint density at radius 1 is 1.07 bits per heavy atom. The average Bonchev–Trinajstić information content (AvgIpc) is 2.61. The SMILES string of the molecule is CCCc1nc(Cc2ccc(S(=O)(=O)O)cc2)nc(NCCOCCO)n1. The van der Waals surface area contributed by atoms with Gasteiger partial charge >= 0.3 is 0 Å². The lowest BCUT2D eigenvalue weighted by atomic mass is 10.1. The van der Waals surface area contributed by atoms with Crippen LogP contribution >= 0.6 is 0 Å². The van der Waals surface area contributed by atoms with E-state index in [1.807, 2.05) is 6.92 Å². The third-order valence-electron chi connectivity index (χ3n) is 3.55. The number of aliphatic hydroxyl groups excluding tert-OH is 1. The normalized spacial score (nSPS) is 11.5. The van der Waals surface area contributed by atoms with Crippen LogP contribution < -0.4 is 5.32 Å². The van der Waals surface area contributed by atoms with Gasteiger partial charge in [-0.05, 0) is 24.1 Å². The number of nitrogens with one attached hydrogen (secondary N) is 1. The number of aryl methyl sites for hydroxylation is 1. The lowest BCUT2D eigenvalue weighted by molar-refractivity contribution is 0.0991. The predicted octanol–water partition coefficient (Wildman–Crippen LogP) is 1.08. The minimum absolute atomic E-state index is 0.0209. The molecule has 2 rings (SSSR count). The van der Waals surface area contributed by atoms with Crippen molar-refractivity contribution in [3.05, 3.63) is 41.5 Å². The van der Waals surface area contributed by atoms with E-state index < -0.39 is 10.1 Å². The number of hydrogen-bond donors (Lipinski definition) is 3. The van der Waals surface area contributed by atoms with Crippen LogP contribution in [-0.2, 0) is 27.7 Å². The summed E-state index contributed by atoms with van der Waals surface area (Å²) in [5.74, 6) is 1.69. The second-order valence-corrected chi connectivity index (χ2v) is 7.22. The summed E-state index contributed by atoms with van der Waals surface area (Å²) in [6, 6.07) is 5.91. The Balaban J connectivity index is 2.10. The third kappa shape index (κ3) is 7.18. The van der Waals surface area contributed by atoms with E-state index in [9.17, 15) is 8.42 Å². The van der Waals surface area contributed by atoms with E-state index in [0.29, 0.717) is 43.6 Å². The number of aromatic nitrogens is 3. The summed E-state index contributed by atoms with van der Waals surface area (Å²) in [7, 11) is -4.21. The maximum absolute atomic E-state index is 11.1. The van der Waals surface area contributed by atoms with Crippen molar-refractivity contribution in [3.8, 4) is 0 Å². The lowest BCUT2D eigenvalue weighted by Gasteiger charge is -2.09. The maximum atomic E-state index is 11.1. The molecule has 27 heavy (non-hydrogen) atoms. The van der Waals surface area contributed by atoms with Crippen LogP contribution in [0.4, 0.5) is 5.95 Å². The van der Waals surface area contributed by atoms with Crippen LogP contribution in [-0.4, -0.2) is 59.4 Å². The number of aliphatic hydroxyl groups is 1. The van der Waals surface area contributed by atoms with Gasteiger partial charge in [-0.15, -0.1) is 0 Å². The van der Waals surface area contributed by atoms with E-state index in [-0.39, 0.29) is 18.1 Å². The largest absolute Gasteiger partial charge is 0.394 e. The Labute approximate surface area is 158 Å². The molecule has 0 spiro atoms. The van der Waals surface area contributed by atoms with Gasteiger partial charge < -0.3 is 15.2 Å². The van der Waals surface area contributed by atoms with Crippen molar-refractivity contribution in [2.75, 3.05) is 31.7 Å². The summed E-state index contributed by atoms with van der Waals surface area (Å²) in [5, 5.41) is 11.8. The Morgan fingerprint density at radius 2 is 1.78 bits per heavy atom. The average molecular weight is 396 g/mol. The molecule has 0 aliphatic heterocycles. The van der Waals surface area contributed by atoms with Crippen LogP contribution in [0.2, 0.25) is 0 Å². The molecule has 1 aromatic heterocycles. The molecule has 1 aromatic carbocycles. The van der Waals surface area contributed by atoms with Gasteiger partial charge in [-0.3, -0.25) is 4.55 Å². The molecular formula is C17H24N4O5S. The highest BCUT2D eigenvalue weighted by Gasteiger charge is 2.10. The van der Waals surface area contributed by atoms with Crippen LogP contribution in [0.5, 0.6) is 0 Å². The number of rotatable bonds is 11. The molecule has 9 nitrogen and oxygen atoms in total. The molecule has 0 saturated heterocycles. The molecule has 0 bridgehead atoms. The molecule has 0 amide bonds. The smallest absolute Gasteiger partial charge is 0.294 e. The van der Waals surface area contributed by atoms with Crippen LogP contribution in [0, 0.1) is 0 Å². The summed E-state index contributed by atoms with van der Waals surface area (Å²) in [6.45, 7) is 3.21. The molecule has 0 saturated carbocycles. The number of anilines is 1. The molecule has 0 radical (unpaired) electrons. The molecule has 3 N–H and O–H groups in total. The van der Waals surface area contributed by atoms with E-state index in [2.05, 4.69) is 20.3 Å². The maximum Gasteiger partial charge on any atom is 0.294 e. The Bertz CT molecular complexity index is 828. The van der Waals surface area contributed by atoms with Crippen molar-refractivity contribution >= 4 is 16.1 Å². The zero-order valence-electron chi connectivity index (χ0n) is 15.1. The number of benzene rings is 1. The zero-order valence-corrected chi connectivity index (χ0v) is 15.9. The van der Waals surface area contributed by atoms with E-state index in [1.54, 1.807) is 12.1 Å². The standard InChI is InChI=1S/C17H24N4O5S/c1-2-3-15-19-16(21-17(20-15)18-8-10-26-11-9-22)12-13-4-6-14(7-5-13)27(23,24)25/h4-7,22H,2-3,8-12H2,1H3,(H,23,24,25)(H,18,19,20,21). The van der Waals surface area contributed by atoms with Gasteiger partial charge in [0.05, 0.1) is 24.7 Å². The summed E-state index contributed by atoms with van der Waals surface area (Å²) < 4.78 is 36.5. The fourth-order valence-corrected chi connectivity index (χ4v) is 2.81. The van der Waals surface area contributed by atoms with E-state index in [0.717, 1.165) is 12.0 Å². The predicted molar refractivity (Wildman–Crippen MR) is 99.3 cm³/mol. The topological polar surface area (TPSA) is 135 Å². The van der Waals surface area contributed by atoms with Crippen molar-refractivity contribution in [2.24, 2.45) is 0 Å².